The van der Waals surface area contributed by atoms with E-state index in [-0.39, 0.29) is 6.03 Å². The largest absolute Gasteiger partial charge is 0.399 e. The van der Waals surface area contributed by atoms with Crippen molar-refractivity contribution in [2.75, 3.05) is 11.1 Å². The van der Waals surface area contributed by atoms with Crippen molar-refractivity contribution >= 4 is 28.7 Å². The normalized spacial score (nSPS) is 10.1. The number of amides is 2. The van der Waals surface area contributed by atoms with Crippen LogP contribution in [0.5, 0.6) is 0 Å². The summed E-state index contributed by atoms with van der Waals surface area (Å²) < 4.78 is 0. The zero-order valence-corrected chi connectivity index (χ0v) is 10.9. The van der Waals surface area contributed by atoms with E-state index < -0.39 is 0 Å². The van der Waals surface area contributed by atoms with Crippen molar-refractivity contribution in [2.45, 2.75) is 13.5 Å². The number of aryl methyl sites for hydroxylation is 1. The molecule has 1 heterocycles. The van der Waals surface area contributed by atoms with Gasteiger partial charge in [-0.15, -0.1) is 0 Å². The van der Waals surface area contributed by atoms with Crippen LogP contribution in [-0.2, 0) is 6.54 Å². The Morgan fingerprint density at radius 2 is 2.00 bits per heavy atom. The quantitative estimate of drug-likeness (QED) is 0.744. The molecule has 0 aliphatic rings. The third kappa shape index (κ3) is 3.24. The maximum Gasteiger partial charge on any atom is 0.319 e. The van der Waals surface area contributed by atoms with Crippen LogP contribution in [0.3, 0.4) is 0 Å². The molecule has 94 valence electrons. The van der Waals surface area contributed by atoms with Gasteiger partial charge in [0, 0.05) is 17.9 Å². The molecule has 0 saturated carbocycles. The highest BCUT2D eigenvalue weighted by Crippen LogP contribution is 2.13. The van der Waals surface area contributed by atoms with Crippen molar-refractivity contribution in [1.29, 1.82) is 0 Å². The van der Waals surface area contributed by atoms with E-state index in [4.69, 9.17) is 5.73 Å². The molecule has 4 nitrogen and oxygen atoms in total. The van der Waals surface area contributed by atoms with Gasteiger partial charge in [0.1, 0.15) is 0 Å². The SMILES string of the molecule is Cc1cscc1CNC(=O)Nc1ccc(N)cc1. The second-order valence-electron chi connectivity index (χ2n) is 4.01. The van der Waals surface area contributed by atoms with Gasteiger partial charge >= 0.3 is 6.03 Å². The average Bonchev–Trinajstić information content (AvgIpc) is 2.75. The minimum Gasteiger partial charge on any atom is -0.399 e. The van der Waals surface area contributed by atoms with Crippen molar-refractivity contribution in [3.63, 3.8) is 0 Å². The second kappa shape index (κ2) is 5.55. The Morgan fingerprint density at radius 1 is 1.28 bits per heavy atom. The lowest BCUT2D eigenvalue weighted by molar-refractivity contribution is 0.251. The van der Waals surface area contributed by atoms with Gasteiger partial charge < -0.3 is 16.4 Å². The zero-order valence-electron chi connectivity index (χ0n) is 10.1. The molecule has 2 aromatic rings. The highest BCUT2D eigenvalue weighted by Gasteiger charge is 2.03. The molecule has 18 heavy (non-hydrogen) atoms. The van der Waals surface area contributed by atoms with Gasteiger partial charge in [0.05, 0.1) is 0 Å². The van der Waals surface area contributed by atoms with Crippen LogP contribution >= 0.6 is 11.3 Å². The number of nitrogen functional groups attached to an aromatic ring is 1. The fourth-order valence-corrected chi connectivity index (χ4v) is 2.34. The topological polar surface area (TPSA) is 67.2 Å². The monoisotopic (exact) mass is 261 g/mol. The molecule has 5 heteroatoms. The van der Waals surface area contributed by atoms with Gasteiger partial charge in [-0.2, -0.15) is 11.3 Å². The number of urea groups is 1. The number of carbonyl (C=O) groups excluding carboxylic acids is 1. The predicted molar refractivity (Wildman–Crippen MR) is 75.8 cm³/mol. The second-order valence-corrected chi connectivity index (χ2v) is 4.75. The standard InChI is InChI=1S/C13H15N3OS/c1-9-7-18-8-10(9)6-15-13(17)16-12-4-2-11(14)3-5-12/h2-5,7-8H,6,14H2,1H3,(H2,15,16,17). The number of benzene rings is 1. The van der Waals surface area contributed by atoms with Gasteiger partial charge in [0.2, 0.25) is 0 Å². The highest BCUT2D eigenvalue weighted by molar-refractivity contribution is 7.08. The molecule has 0 unspecified atom stereocenters. The fraction of sp³-hybridized carbons (Fsp3) is 0.154. The van der Waals surface area contributed by atoms with Gasteiger partial charge in [-0.1, -0.05) is 0 Å². The van der Waals surface area contributed by atoms with Crippen molar-refractivity contribution in [1.82, 2.24) is 5.32 Å². The molecular weight excluding hydrogens is 246 g/mol. The maximum atomic E-state index is 11.7. The van der Waals surface area contributed by atoms with Crippen LogP contribution in [0.4, 0.5) is 16.2 Å². The van der Waals surface area contributed by atoms with Crippen molar-refractivity contribution in [2.24, 2.45) is 0 Å². The molecular formula is C13H15N3OS. The molecule has 0 saturated heterocycles. The average molecular weight is 261 g/mol. The van der Waals surface area contributed by atoms with Crippen LogP contribution in [0.1, 0.15) is 11.1 Å². The molecule has 1 aromatic carbocycles. The highest BCUT2D eigenvalue weighted by atomic mass is 32.1. The summed E-state index contributed by atoms with van der Waals surface area (Å²) in [6, 6.07) is 6.82. The molecule has 0 spiro atoms. The summed E-state index contributed by atoms with van der Waals surface area (Å²) in [5, 5.41) is 9.67. The third-order valence-corrected chi connectivity index (χ3v) is 3.48. The van der Waals surface area contributed by atoms with Crippen LogP contribution in [0.15, 0.2) is 35.0 Å². The van der Waals surface area contributed by atoms with Gasteiger partial charge in [-0.25, -0.2) is 4.79 Å². The minimum atomic E-state index is -0.217. The first kappa shape index (κ1) is 12.4. The van der Waals surface area contributed by atoms with Crippen LogP contribution in [-0.4, -0.2) is 6.03 Å². The van der Waals surface area contributed by atoms with Crippen LogP contribution in [0, 0.1) is 6.92 Å². The molecule has 0 fully saturated rings. The van der Waals surface area contributed by atoms with Crippen LogP contribution in [0.2, 0.25) is 0 Å². The number of anilines is 2. The Hall–Kier alpha value is -2.01. The van der Waals surface area contributed by atoms with Gasteiger partial charge in [-0.3, -0.25) is 0 Å². The molecule has 0 radical (unpaired) electrons. The Labute approximate surface area is 110 Å². The van der Waals surface area contributed by atoms with Crippen molar-refractivity contribution in [3.8, 4) is 0 Å². The van der Waals surface area contributed by atoms with E-state index in [1.165, 1.54) is 5.56 Å². The van der Waals surface area contributed by atoms with E-state index in [2.05, 4.69) is 16.0 Å². The van der Waals surface area contributed by atoms with Gasteiger partial charge in [0.15, 0.2) is 0 Å². The predicted octanol–water partition coefficient (Wildman–Crippen LogP) is 2.96. The summed E-state index contributed by atoms with van der Waals surface area (Å²) in [4.78, 5) is 11.7. The first-order valence-corrected chi connectivity index (χ1v) is 6.51. The lowest BCUT2D eigenvalue weighted by Gasteiger charge is -2.07. The van der Waals surface area contributed by atoms with E-state index in [1.54, 1.807) is 35.6 Å². The summed E-state index contributed by atoms with van der Waals surface area (Å²) in [5.74, 6) is 0. The number of nitrogens with two attached hydrogens (primary N) is 1. The Bertz CT molecular complexity index is 533. The van der Waals surface area contributed by atoms with Crippen LogP contribution in [0.25, 0.3) is 0 Å². The molecule has 2 rings (SSSR count). The summed E-state index contributed by atoms with van der Waals surface area (Å²) >= 11 is 1.64. The lowest BCUT2D eigenvalue weighted by atomic mass is 10.2. The number of thiophene rings is 1. The third-order valence-electron chi connectivity index (χ3n) is 2.57. The Kier molecular flexibility index (Phi) is 3.84. The molecule has 4 N–H and O–H groups in total. The van der Waals surface area contributed by atoms with Crippen LogP contribution < -0.4 is 16.4 Å². The summed E-state index contributed by atoms with van der Waals surface area (Å²) in [6.07, 6.45) is 0. The summed E-state index contributed by atoms with van der Waals surface area (Å²) in [5.41, 5.74) is 9.32. The van der Waals surface area contributed by atoms with E-state index in [1.807, 2.05) is 12.3 Å². The van der Waals surface area contributed by atoms with Gasteiger partial charge in [0.25, 0.3) is 0 Å². The van der Waals surface area contributed by atoms with Gasteiger partial charge in [-0.05, 0) is 53.1 Å². The Morgan fingerprint density at radius 3 is 2.61 bits per heavy atom. The van der Waals surface area contributed by atoms with Crippen molar-refractivity contribution in [3.05, 3.63) is 46.2 Å². The molecule has 0 aliphatic heterocycles. The van der Waals surface area contributed by atoms with Crippen molar-refractivity contribution < 1.29 is 4.79 Å². The molecule has 0 bridgehead atoms. The zero-order chi connectivity index (χ0) is 13.0. The summed E-state index contributed by atoms with van der Waals surface area (Å²) in [7, 11) is 0. The minimum absolute atomic E-state index is 0.217. The molecule has 2 amide bonds. The molecule has 0 atom stereocenters. The first-order chi connectivity index (χ1) is 8.65. The fourth-order valence-electron chi connectivity index (χ4n) is 1.49. The number of hydrogen-bond donors (Lipinski definition) is 3. The van der Waals surface area contributed by atoms with E-state index in [9.17, 15) is 4.79 Å². The van der Waals surface area contributed by atoms with E-state index in [0.29, 0.717) is 12.2 Å². The smallest absolute Gasteiger partial charge is 0.319 e. The summed E-state index contributed by atoms with van der Waals surface area (Å²) in [6.45, 7) is 2.57. The lowest BCUT2D eigenvalue weighted by Crippen LogP contribution is -2.28. The molecule has 1 aromatic heterocycles. The van der Waals surface area contributed by atoms with E-state index in [0.717, 1.165) is 11.3 Å². The number of nitrogens with one attached hydrogen (secondary N) is 2. The maximum absolute atomic E-state index is 11.7. The molecule has 0 aliphatic carbocycles. The number of hydrogen-bond acceptors (Lipinski definition) is 3. The number of rotatable bonds is 3. The Balaban J connectivity index is 1.86. The van der Waals surface area contributed by atoms with E-state index >= 15 is 0 Å². The number of carbonyl (C=O) groups is 1. The first-order valence-electron chi connectivity index (χ1n) is 5.57.